The molecule has 59 valence electrons. The molecule has 1 aromatic rings. The molecule has 1 aliphatic carbocycles. The average molecular weight is 149 g/mol. The number of imidazole rings is 1. The van der Waals surface area contributed by atoms with Crippen LogP contribution in [0.15, 0.2) is 12.5 Å². The quantitative estimate of drug-likeness (QED) is 0.641. The van der Waals surface area contributed by atoms with Crippen molar-refractivity contribution in [2.24, 2.45) is 5.92 Å². The van der Waals surface area contributed by atoms with Crippen LogP contribution in [0.1, 0.15) is 25.7 Å². The SMILES string of the molecule is [c]1cn(CCC2CCC2)cn1. The molecule has 11 heavy (non-hydrogen) atoms. The van der Waals surface area contributed by atoms with Crippen molar-refractivity contribution in [3.63, 3.8) is 0 Å². The van der Waals surface area contributed by atoms with E-state index in [0.717, 1.165) is 12.5 Å². The van der Waals surface area contributed by atoms with Crippen LogP contribution in [-0.2, 0) is 6.54 Å². The number of aryl methyl sites for hydroxylation is 1. The third-order valence-corrected chi connectivity index (χ3v) is 2.52. The van der Waals surface area contributed by atoms with E-state index in [1.807, 2.05) is 12.5 Å². The molecule has 0 aliphatic heterocycles. The van der Waals surface area contributed by atoms with Gasteiger partial charge in [-0.25, -0.2) is 4.98 Å². The van der Waals surface area contributed by atoms with Crippen LogP contribution >= 0.6 is 0 Å². The van der Waals surface area contributed by atoms with Crippen LogP contribution in [0, 0.1) is 12.1 Å². The van der Waals surface area contributed by atoms with E-state index in [0.29, 0.717) is 0 Å². The number of nitrogens with zero attached hydrogens (tertiary/aromatic N) is 2. The van der Waals surface area contributed by atoms with Gasteiger partial charge < -0.3 is 4.57 Å². The van der Waals surface area contributed by atoms with E-state index >= 15 is 0 Å². The molecule has 0 unspecified atom stereocenters. The van der Waals surface area contributed by atoms with Crippen LogP contribution in [0.2, 0.25) is 0 Å². The maximum atomic E-state index is 3.88. The second-order valence-corrected chi connectivity index (χ2v) is 3.33. The molecule has 0 spiro atoms. The fraction of sp³-hybridized carbons (Fsp3) is 0.667. The van der Waals surface area contributed by atoms with Crippen LogP contribution in [0.25, 0.3) is 0 Å². The molecule has 1 saturated carbocycles. The Morgan fingerprint density at radius 2 is 2.45 bits per heavy atom. The maximum Gasteiger partial charge on any atom is 0.108 e. The number of hydrogen-bond acceptors (Lipinski definition) is 1. The van der Waals surface area contributed by atoms with Crippen molar-refractivity contribution in [3.05, 3.63) is 18.7 Å². The minimum Gasteiger partial charge on any atom is -0.337 e. The van der Waals surface area contributed by atoms with E-state index in [1.54, 1.807) is 0 Å². The Bertz CT molecular complexity index is 199. The van der Waals surface area contributed by atoms with Crippen molar-refractivity contribution < 1.29 is 0 Å². The summed E-state index contributed by atoms with van der Waals surface area (Å²) in [5.74, 6) is 0.998. The van der Waals surface area contributed by atoms with Crippen LogP contribution in [0.5, 0.6) is 0 Å². The van der Waals surface area contributed by atoms with E-state index in [2.05, 4.69) is 15.7 Å². The summed E-state index contributed by atoms with van der Waals surface area (Å²) in [4.78, 5) is 3.88. The molecule has 1 aliphatic rings. The molecule has 1 fully saturated rings. The summed E-state index contributed by atoms with van der Waals surface area (Å²) >= 11 is 0. The van der Waals surface area contributed by atoms with Gasteiger partial charge in [0.1, 0.15) is 6.20 Å². The molecule has 1 radical (unpaired) electrons. The predicted octanol–water partition coefficient (Wildman–Crippen LogP) is 1.87. The van der Waals surface area contributed by atoms with Crippen molar-refractivity contribution in [1.29, 1.82) is 0 Å². The summed E-state index contributed by atoms with van der Waals surface area (Å²) in [7, 11) is 0. The van der Waals surface area contributed by atoms with Crippen LogP contribution < -0.4 is 0 Å². The largest absolute Gasteiger partial charge is 0.337 e. The maximum absolute atomic E-state index is 3.88. The molecule has 0 saturated heterocycles. The van der Waals surface area contributed by atoms with E-state index in [9.17, 15) is 0 Å². The standard InChI is InChI=1S/C9H13N2/c1-2-9(3-1)4-6-11-7-5-10-8-11/h7-9H,1-4,6H2. The van der Waals surface area contributed by atoms with E-state index in [1.165, 1.54) is 25.7 Å². The predicted molar refractivity (Wildman–Crippen MR) is 43.0 cm³/mol. The van der Waals surface area contributed by atoms with Gasteiger partial charge in [-0.3, -0.25) is 0 Å². The third kappa shape index (κ3) is 1.62. The van der Waals surface area contributed by atoms with E-state index in [4.69, 9.17) is 0 Å². The highest BCUT2D eigenvalue weighted by Crippen LogP contribution is 2.29. The minimum absolute atomic E-state index is 0.998. The Labute approximate surface area is 67.3 Å². The van der Waals surface area contributed by atoms with Crippen LogP contribution in [0.4, 0.5) is 0 Å². The van der Waals surface area contributed by atoms with Gasteiger partial charge in [-0.2, -0.15) is 0 Å². The second kappa shape index (κ2) is 3.07. The van der Waals surface area contributed by atoms with E-state index < -0.39 is 0 Å². The molecule has 0 N–H and O–H groups in total. The zero-order valence-corrected chi connectivity index (χ0v) is 6.66. The van der Waals surface area contributed by atoms with Crippen molar-refractivity contribution in [1.82, 2.24) is 9.55 Å². The third-order valence-electron chi connectivity index (χ3n) is 2.52. The number of rotatable bonds is 3. The first-order valence-electron chi connectivity index (χ1n) is 4.33. The molecule has 0 bridgehead atoms. The summed E-state index contributed by atoms with van der Waals surface area (Å²) in [6.45, 7) is 1.13. The Hall–Kier alpha value is -0.790. The molecule has 2 heteroatoms. The lowest BCUT2D eigenvalue weighted by Gasteiger charge is -2.25. The van der Waals surface area contributed by atoms with Gasteiger partial charge in [0.05, 0.1) is 6.33 Å². The van der Waals surface area contributed by atoms with Gasteiger partial charge in [0.2, 0.25) is 0 Å². The lowest BCUT2D eigenvalue weighted by molar-refractivity contribution is 0.282. The topological polar surface area (TPSA) is 17.8 Å². The van der Waals surface area contributed by atoms with Gasteiger partial charge in [-0.1, -0.05) is 19.3 Å². The van der Waals surface area contributed by atoms with Crippen molar-refractivity contribution in [2.75, 3.05) is 0 Å². The second-order valence-electron chi connectivity index (χ2n) is 3.33. The van der Waals surface area contributed by atoms with Gasteiger partial charge in [0.25, 0.3) is 0 Å². The lowest BCUT2D eigenvalue weighted by atomic mass is 9.83. The normalized spacial score (nSPS) is 18.2. The lowest BCUT2D eigenvalue weighted by Crippen LogP contribution is -2.13. The molecule has 2 nitrogen and oxygen atoms in total. The molecule has 0 atom stereocenters. The summed E-state index contributed by atoms with van der Waals surface area (Å²) in [6, 6.07) is 0. The average Bonchev–Trinajstić information content (AvgIpc) is 2.36. The summed E-state index contributed by atoms with van der Waals surface area (Å²) in [5.41, 5.74) is 0. The van der Waals surface area contributed by atoms with Crippen molar-refractivity contribution in [3.8, 4) is 0 Å². The Kier molecular flexibility index (Phi) is 1.93. The fourth-order valence-electron chi connectivity index (χ4n) is 1.48. The highest BCUT2D eigenvalue weighted by molar-refractivity contribution is 4.74. The monoisotopic (exact) mass is 149 g/mol. The summed E-state index contributed by atoms with van der Waals surface area (Å²) in [6.07, 6.45) is 12.2. The Morgan fingerprint density at radius 1 is 1.55 bits per heavy atom. The Balaban J connectivity index is 1.74. The zero-order chi connectivity index (χ0) is 7.52. The molecule has 0 amide bonds. The molecule has 0 aromatic carbocycles. The zero-order valence-electron chi connectivity index (χ0n) is 6.66. The van der Waals surface area contributed by atoms with Crippen LogP contribution in [-0.4, -0.2) is 9.55 Å². The fourth-order valence-corrected chi connectivity index (χ4v) is 1.48. The van der Waals surface area contributed by atoms with Crippen molar-refractivity contribution in [2.45, 2.75) is 32.2 Å². The van der Waals surface area contributed by atoms with Gasteiger partial charge >= 0.3 is 0 Å². The van der Waals surface area contributed by atoms with Crippen molar-refractivity contribution >= 4 is 0 Å². The molecule has 1 aromatic heterocycles. The number of hydrogen-bond donors (Lipinski definition) is 0. The van der Waals surface area contributed by atoms with Crippen LogP contribution in [0.3, 0.4) is 0 Å². The van der Waals surface area contributed by atoms with Gasteiger partial charge in [0, 0.05) is 12.7 Å². The van der Waals surface area contributed by atoms with Gasteiger partial charge in [-0.05, 0) is 12.3 Å². The van der Waals surface area contributed by atoms with Gasteiger partial charge in [-0.15, -0.1) is 0 Å². The molecule has 1 heterocycles. The Morgan fingerprint density at radius 3 is 3.00 bits per heavy atom. The first-order valence-corrected chi connectivity index (χ1v) is 4.33. The first-order chi connectivity index (χ1) is 5.45. The summed E-state index contributed by atoms with van der Waals surface area (Å²) < 4.78 is 2.11. The minimum atomic E-state index is 0.998. The molecular weight excluding hydrogens is 136 g/mol. The number of aromatic nitrogens is 2. The molecule has 2 rings (SSSR count). The van der Waals surface area contributed by atoms with E-state index in [-0.39, 0.29) is 0 Å². The smallest absolute Gasteiger partial charge is 0.108 e. The van der Waals surface area contributed by atoms with Gasteiger partial charge in [0.15, 0.2) is 0 Å². The first kappa shape index (κ1) is 6.89. The highest BCUT2D eigenvalue weighted by atomic mass is 15.0. The molecular formula is C9H13N2. The summed E-state index contributed by atoms with van der Waals surface area (Å²) in [5, 5.41) is 0. The highest BCUT2D eigenvalue weighted by Gasteiger charge is 2.16.